The van der Waals surface area contributed by atoms with E-state index >= 15 is 0 Å². The summed E-state index contributed by atoms with van der Waals surface area (Å²) in [4.78, 5) is 0. The van der Waals surface area contributed by atoms with Gasteiger partial charge in [0.15, 0.2) is 0 Å². The average molecular weight is 292 g/mol. The molecule has 0 aliphatic carbocycles. The van der Waals surface area contributed by atoms with E-state index in [0.717, 1.165) is 0 Å². The van der Waals surface area contributed by atoms with Gasteiger partial charge < -0.3 is 0 Å². The molecule has 2 heteroatoms. The molecule has 0 fully saturated rings. The first-order chi connectivity index (χ1) is 9.80. The molecule has 2 heterocycles. The maximum atomic E-state index is 3.85. The van der Waals surface area contributed by atoms with Gasteiger partial charge in [-0.1, -0.05) is 49.6 Å². The first-order valence-corrected chi connectivity index (χ1v) is 8.07. The highest BCUT2D eigenvalue weighted by Gasteiger charge is 2.12. The van der Waals surface area contributed by atoms with Gasteiger partial charge in [0, 0.05) is 20.2 Å². The fourth-order valence-corrected chi connectivity index (χ4v) is 5.29. The Morgan fingerprint density at radius 3 is 1.55 bits per heavy atom. The maximum absolute atomic E-state index is 3.85. The minimum absolute atomic E-state index is 1.18. The van der Waals surface area contributed by atoms with Crippen molar-refractivity contribution in [3.8, 4) is 0 Å². The van der Waals surface area contributed by atoms with Gasteiger partial charge in [0.2, 0.25) is 0 Å². The van der Waals surface area contributed by atoms with Crippen molar-refractivity contribution in [2.24, 2.45) is 0 Å². The highest BCUT2D eigenvalue weighted by Crippen LogP contribution is 2.44. The second-order valence-electron chi connectivity index (χ2n) is 4.78. The van der Waals surface area contributed by atoms with E-state index in [0.29, 0.717) is 0 Å². The van der Waals surface area contributed by atoms with Gasteiger partial charge in [-0.05, 0) is 23.3 Å². The molecule has 0 nitrogen and oxygen atoms in total. The van der Waals surface area contributed by atoms with Gasteiger partial charge in [-0.2, -0.15) is 0 Å². The van der Waals surface area contributed by atoms with E-state index in [1.165, 1.54) is 40.7 Å². The summed E-state index contributed by atoms with van der Waals surface area (Å²) in [6.07, 6.45) is 3.81. The van der Waals surface area contributed by atoms with Gasteiger partial charge in [0.05, 0.1) is 9.40 Å². The largest absolute Gasteiger partial charge is 0.134 e. The number of thiophene rings is 2. The van der Waals surface area contributed by atoms with Gasteiger partial charge >= 0.3 is 0 Å². The Hall–Kier alpha value is -1.90. The van der Waals surface area contributed by atoms with Gasteiger partial charge in [0.25, 0.3) is 0 Å². The molecule has 0 radical (unpaired) electrons. The summed E-state index contributed by atoms with van der Waals surface area (Å²) in [5.41, 5.74) is 2.37. The first kappa shape index (κ1) is 11.9. The van der Waals surface area contributed by atoms with Crippen LogP contribution in [0.4, 0.5) is 0 Å². The fraction of sp³-hybridized carbons (Fsp3) is 0. The zero-order chi connectivity index (χ0) is 13.7. The third-order valence-corrected chi connectivity index (χ3v) is 6.10. The molecular weight excluding hydrogens is 280 g/mol. The number of hydrogen-bond acceptors (Lipinski definition) is 2. The normalized spacial score (nSPS) is 11.4. The molecule has 96 valence electrons. The summed E-state index contributed by atoms with van der Waals surface area (Å²) in [5, 5.41) is 2.72. The molecule has 0 unspecified atom stereocenters. The van der Waals surface area contributed by atoms with Crippen LogP contribution in [0.25, 0.3) is 41.7 Å². The van der Waals surface area contributed by atoms with Crippen LogP contribution in [0.5, 0.6) is 0 Å². The molecule has 0 N–H and O–H groups in total. The number of hydrogen-bond donors (Lipinski definition) is 0. The van der Waals surface area contributed by atoms with E-state index in [9.17, 15) is 0 Å². The van der Waals surface area contributed by atoms with E-state index in [-0.39, 0.29) is 0 Å². The van der Waals surface area contributed by atoms with Crippen molar-refractivity contribution < 1.29 is 0 Å². The summed E-state index contributed by atoms with van der Waals surface area (Å²) in [5.74, 6) is 0. The zero-order valence-corrected chi connectivity index (χ0v) is 12.5. The Morgan fingerprint density at radius 1 is 0.700 bits per heavy atom. The predicted octanol–water partition coefficient (Wildman–Crippen LogP) is 6.56. The third-order valence-electron chi connectivity index (χ3n) is 3.60. The van der Waals surface area contributed by atoms with Crippen LogP contribution in [-0.4, -0.2) is 0 Å². The lowest BCUT2D eigenvalue weighted by Gasteiger charge is -1.94. The Morgan fingerprint density at radius 2 is 1.15 bits per heavy atom. The van der Waals surface area contributed by atoms with Gasteiger partial charge in [-0.15, -0.1) is 22.7 Å². The van der Waals surface area contributed by atoms with E-state index in [1.807, 2.05) is 34.8 Å². The molecular formula is C18H12S2. The molecule has 0 atom stereocenters. The lowest BCUT2D eigenvalue weighted by molar-refractivity contribution is 1.79. The smallest absolute Gasteiger partial charge is 0.0542 e. The SMILES string of the molecule is C=Cc1ccc2c(c1)sc1c3ccc(C=C)cc3sc21. The maximum Gasteiger partial charge on any atom is 0.0542 e. The van der Waals surface area contributed by atoms with Crippen molar-refractivity contribution in [2.45, 2.75) is 0 Å². The number of fused-ring (bicyclic) bond motifs is 5. The van der Waals surface area contributed by atoms with Crippen molar-refractivity contribution in [2.75, 3.05) is 0 Å². The standard InChI is InChI=1S/C18H12S2/c1-3-11-5-7-13-15(9-11)19-18-14-8-6-12(4-2)10-16(14)20-17(13)18/h3-10H,1-2H2. The quantitative estimate of drug-likeness (QED) is 0.392. The number of rotatable bonds is 2. The fourth-order valence-electron chi connectivity index (χ4n) is 2.54. The van der Waals surface area contributed by atoms with Crippen molar-refractivity contribution in [1.82, 2.24) is 0 Å². The van der Waals surface area contributed by atoms with E-state index in [4.69, 9.17) is 0 Å². The molecule has 0 aliphatic heterocycles. The van der Waals surface area contributed by atoms with Crippen LogP contribution in [0.3, 0.4) is 0 Å². The highest BCUT2D eigenvalue weighted by molar-refractivity contribution is 7.36. The molecule has 0 bridgehead atoms. The molecule has 4 aromatic rings. The van der Waals surface area contributed by atoms with Crippen molar-refractivity contribution in [3.05, 3.63) is 60.7 Å². The molecule has 0 aliphatic rings. The molecule has 0 spiro atoms. The van der Waals surface area contributed by atoms with Crippen molar-refractivity contribution in [3.63, 3.8) is 0 Å². The summed E-state index contributed by atoms with van der Waals surface area (Å²) < 4.78 is 5.49. The third kappa shape index (κ3) is 1.59. The summed E-state index contributed by atoms with van der Waals surface area (Å²) in [7, 11) is 0. The van der Waals surface area contributed by atoms with E-state index in [2.05, 4.69) is 49.6 Å². The van der Waals surface area contributed by atoms with Crippen LogP contribution in [0, 0.1) is 0 Å². The summed E-state index contributed by atoms with van der Waals surface area (Å²) in [6.45, 7) is 7.69. The lowest BCUT2D eigenvalue weighted by Crippen LogP contribution is -1.69. The summed E-state index contributed by atoms with van der Waals surface area (Å²) >= 11 is 3.76. The second-order valence-corrected chi connectivity index (χ2v) is 6.89. The minimum Gasteiger partial charge on any atom is -0.134 e. The van der Waals surface area contributed by atoms with Gasteiger partial charge in [0.1, 0.15) is 0 Å². The van der Waals surface area contributed by atoms with Crippen LogP contribution in [0.2, 0.25) is 0 Å². The first-order valence-electron chi connectivity index (χ1n) is 6.44. The van der Waals surface area contributed by atoms with Gasteiger partial charge in [-0.25, -0.2) is 0 Å². The topological polar surface area (TPSA) is 0 Å². The van der Waals surface area contributed by atoms with E-state index < -0.39 is 0 Å². The predicted molar refractivity (Wildman–Crippen MR) is 94.9 cm³/mol. The van der Waals surface area contributed by atoms with Crippen LogP contribution < -0.4 is 0 Å². The van der Waals surface area contributed by atoms with Crippen LogP contribution in [-0.2, 0) is 0 Å². The Bertz CT molecular complexity index is 901. The van der Waals surface area contributed by atoms with Crippen molar-refractivity contribution in [1.29, 1.82) is 0 Å². The van der Waals surface area contributed by atoms with Crippen molar-refractivity contribution >= 4 is 64.4 Å². The molecule has 4 rings (SSSR count). The molecule has 20 heavy (non-hydrogen) atoms. The Labute approximate surface area is 125 Å². The van der Waals surface area contributed by atoms with E-state index in [1.54, 1.807) is 0 Å². The Balaban J connectivity index is 2.13. The van der Waals surface area contributed by atoms with Crippen LogP contribution in [0.15, 0.2) is 49.6 Å². The minimum atomic E-state index is 1.18. The second kappa shape index (κ2) is 4.30. The highest BCUT2D eigenvalue weighted by atomic mass is 32.1. The Kier molecular flexibility index (Phi) is 2.56. The average Bonchev–Trinajstić information content (AvgIpc) is 3.01. The zero-order valence-electron chi connectivity index (χ0n) is 10.8. The molecule has 2 aromatic heterocycles. The van der Waals surface area contributed by atoms with Crippen LogP contribution in [0.1, 0.15) is 11.1 Å². The molecule has 2 aromatic carbocycles. The van der Waals surface area contributed by atoms with Gasteiger partial charge in [-0.3, -0.25) is 0 Å². The molecule has 0 saturated carbocycles. The lowest BCUT2D eigenvalue weighted by atomic mass is 10.1. The summed E-state index contributed by atoms with van der Waals surface area (Å²) in [6, 6.07) is 13.2. The van der Waals surface area contributed by atoms with Crippen LogP contribution >= 0.6 is 22.7 Å². The molecule has 0 amide bonds. The number of benzene rings is 2. The monoisotopic (exact) mass is 292 g/mol. The molecule has 0 saturated heterocycles.